The van der Waals surface area contributed by atoms with Gasteiger partial charge in [0.25, 0.3) is 5.56 Å². The number of ether oxygens (including phenoxy) is 1. The van der Waals surface area contributed by atoms with Crippen LogP contribution in [0, 0.1) is 0 Å². The molecule has 0 amide bonds. The molecule has 8 heteroatoms. The molecule has 1 aromatic rings. The zero-order valence-corrected chi connectivity index (χ0v) is 10.1. The largest absolute Gasteiger partial charge is 0.394 e. The number of hydrogen-bond donors (Lipinski definition) is 2. The van der Waals surface area contributed by atoms with Gasteiger partial charge in [-0.05, 0) is 12.2 Å². The highest BCUT2D eigenvalue weighted by atomic mass is 32.1. The molecule has 2 N–H and O–H groups in total. The molecule has 0 spiro atoms. The lowest BCUT2D eigenvalue weighted by Gasteiger charge is -2.16. The number of aliphatic hydroxyl groups excluding tert-OH is 1. The number of thiocarbonyl (C=S) groups is 1. The first-order chi connectivity index (χ1) is 8.65. The molecule has 1 aliphatic rings. The number of aromatic nitrogens is 2. The quantitative estimate of drug-likeness (QED) is 0.558. The second kappa shape index (κ2) is 5.36. The summed E-state index contributed by atoms with van der Waals surface area (Å²) in [6.07, 6.45) is 0.668. The molecule has 0 aromatic carbocycles. The third-order valence-electron chi connectivity index (χ3n) is 2.71. The monoisotopic (exact) mass is 269 g/mol. The van der Waals surface area contributed by atoms with Crippen molar-refractivity contribution in [2.45, 2.75) is 24.8 Å². The summed E-state index contributed by atoms with van der Waals surface area (Å²) in [6, 6.07) is 0.818. The van der Waals surface area contributed by atoms with Crippen LogP contribution in [0.25, 0.3) is 0 Å². The molecular weight excluding hydrogens is 258 g/mol. The lowest BCUT2D eigenvalue weighted by molar-refractivity contribution is -0.0277. The molecule has 0 bridgehead atoms. The summed E-state index contributed by atoms with van der Waals surface area (Å²) < 4.78 is 6.71. The first-order valence-electron chi connectivity index (χ1n) is 5.30. The van der Waals surface area contributed by atoms with Crippen LogP contribution in [0.5, 0.6) is 0 Å². The highest BCUT2D eigenvalue weighted by Gasteiger charge is 2.36. The summed E-state index contributed by atoms with van der Waals surface area (Å²) in [5.74, 6) is 0. The third kappa shape index (κ3) is 2.46. The zero-order valence-electron chi connectivity index (χ0n) is 9.28. The maximum Gasteiger partial charge on any atom is 0.330 e. The molecule has 3 atom stereocenters. The summed E-state index contributed by atoms with van der Waals surface area (Å²) in [5.41, 5.74) is -1.07. The molecular formula is C10H11N3O4S. The summed E-state index contributed by atoms with van der Waals surface area (Å²) in [7, 11) is 0. The number of hydrogen-bond acceptors (Lipinski definition) is 6. The van der Waals surface area contributed by atoms with Crippen LogP contribution in [-0.4, -0.2) is 38.6 Å². The minimum Gasteiger partial charge on any atom is -0.394 e. The first kappa shape index (κ1) is 12.8. The summed E-state index contributed by atoms with van der Waals surface area (Å²) in [4.78, 5) is 28.7. The van der Waals surface area contributed by atoms with E-state index >= 15 is 0 Å². The van der Waals surface area contributed by atoms with E-state index in [1.54, 1.807) is 0 Å². The fourth-order valence-electron chi connectivity index (χ4n) is 1.91. The topological polar surface area (TPSA) is 96.7 Å². The average Bonchev–Trinajstić information content (AvgIpc) is 2.73. The fourth-order valence-corrected chi connectivity index (χ4v) is 2.04. The van der Waals surface area contributed by atoms with Gasteiger partial charge in [0, 0.05) is 18.7 Å². The Balaban J connectivity index is 2.38. The van der Waals surface area contributed by atoms with Crippen LogP contribution in [0.1, 0.15) is 12.6 Å². The Morgan fingerprint density at radius 3 is 3.06 bits per heavy atom. The maximum absolute atomic E-state index is 11.6. The van der Waals surface area contributed by atoms with Gasteiger partial charge in [-0.2, -0.15) is 0 Å². The van der Waals surface area contributed by atoms with Crippen LogP contribution in [0.2, 0.25) is 0 Å². The van der Waals surface area contributed by atoms with Gasteiger partial charge in [0.2, 0.25) is 0 Å². The van der Waals surface area contributed by atoms with Gasteiger partial charge in [-0.15, -0.1) is 0 Å². The predicted octanol–water partition coefficient (Wildman–Crippen LogP) is -0.712. The van der Waals surface area contributed by atoms with Crippen LogP contribution in [0.4, 0.5) is 0 Å². The summed E-state index contributed by atoms with van der Waals surface area (Å²) in [6.45, 7) is -0.169. The minimum atomic E-state index is -0.693. The molecule has 2 rings (SSSR count). The molecule has 1 aromatic heterocycles. The van der Waals surface area contributed by atoms with E-state index < -0.39 is 29.6 Å². The van der Waals surface area contributed by atoms with Crippen molar-refractivity contribution in [3.63, 3.8) is 0 Å². The van der Waals surface area contributed by atoms with E-state index in [0.717, 1.165) is 0 Å². The third-order valence-corrected chi connectivity index (χ3v) is 2.82. The summed E-state index contributed by atoms with van der Waals surface area (Å²) >= 11 is 4.54. The standard InChI is InChI=1S/C10H11N3O4S/c14-4-6-3-7(11-5-18)9(17-6)13-2-1-8(15)12-10(13)16/h1-2,6-7,9,14H,3-4H2,(H,12,15,16)/t6-,7+,9+/m0/s1. The van der Waals surface area contributed by atoms with Crippen molar-refractivity contribution in [3.8, 4) is 0 Å². The molecule has 7 nitrogen and oxygen atoms in total. The minimum absolute atomic E-state index is 0.169. The molecule has 1 aliphatic heterocycles. The van der Waals surface area contributed by atoms with Gasteiger partial charge in [-0.1, -0.05) is 0 Å². The van der Waals surface area contributed by atoms with E-state index in [4.69, 9.17) is 9.84 Å². The van der Waals surface area contributed by atoms with E-state index in [-0.39, 0.29) is 6.61 Å². The van der Waals surface area contributed by atoms with E-state index in [1.165, 1.54) is 16.8 Å². The lowest BCUT2D eigenvalue weighted by atomic mass is 10.1. The molecule has 0 radical (unpaired) electrons. The number of isothiocyanates is 1. The smallest absolute Gasteiger partial charge is 0.330 e. The molecule has 1 saturated heterocycles. The van der Waals surface area contributed by atoms with E-state index in [2.05, 4.69) is 27.4 Å². The number of nitrogens with one attached hydrogen (secondary N) is 1. The fraction of sp³-hybridized carbons (Fsp3) is 0.500. The van der Waals surface area contributed by atoms with Gasteiger partial charge in [0.1, 0.15) is 6.04 Å². The molecule has 0 unspecified atom stereocenters. The van der Waals surface area contributed by atoms with Gasteiger partial charge in [0.15, 0.2) is 6.23 Å². The van der Waals surface area contributed by atoms with Crippen molar-refractivity contribution < 1.29 is 9.84 Å². The zero-order chi connectivity index (χ0) is 13.1. The van der Waals surface area contributed by atoms with Crippen LogP contribution >= 0.6 is 12.2 Å². The van der Waals surface area contributed by atoms with E-state index in [1.807, 2.05) is 0 Å². The number of nitrogens with zero attached hydrogens (tertiary/aromatic N) is 2. The Morgan fingerprint density at radius 1 is 1.67 bits per heavy atom. The average molecular weight is 269 g/mol. The maximum atomic E-state index is 11.6. The highest BCUT2D eigenvalue weighted by Crippen LogP contribution is 2.29. The molecule has 0 saturated carbocycles. The van der Waals surface area contributed by atoms with Gasteiger partial charge >= 0.3 is 5.69 Å². The van der Waals surface area contributed by atoms with Crippen molar-refractivity contribution in [2.75, 3.05) is 6.61 Å². The molecule has 2 heterocycles. The Labute approximate surface area is 107 Å². The van der Waals surface area contributed by atoms with Gasteiger partial charge < -0.3 is 9.84 Å². The van der Waals surface area contributed by atoms with Gasteiger partial charge in [-0.25, -0.2) is 9.79 Å². The molecule has 18 heavy (non-hydrogen) atoms. The van der Waals surface area contributed by atoms with Crippen molar-refractivity contribution >= 4 is 17.4 Å². The first-order valence-corrected chi connectivity index (χ1v) is 5.71. The second-order valence-corrected chi connectivity index (χ2v) is 4.05. The number of aliphatic hydroxyl groups is 1. The van der Waals surface area contributed by atoms with Crippen LogP contribution in [0.15, 0.2) is 26.8 Å². The Hall–Kier alpha value is -1.60. The Kier molecular flexibility index (Phi) is 3.83. The number of aliphatic imine (C=N–C) groups is 1. The number of rotatable bonds is 3. The molecule has 1 fully saturated rings. The van der Waals surface area contributed by atoms with E-state index in [0.29, 0.717) is 6.42 Å². The molecule has 0 aliphatic carbocycles. The highest BCUT2D eigenvalue weighted by molar-refractivity contribution is 7.78. The van der Waals surface area contributed by atoms with E-state index in [9.17, 15) is 9.59 Å². The SMILES string of the molecule is O=c1ccn([C@@H]2O[C@H](CO)C[C@H]2N=C=S)c(=O)[nH]1. The predicted molar refractivity (Wildman–Crippen MR) is 65.7 cm³/mol. The van der Waals surface area contributed by atoms with Crippen molar-refractivity contribution in [1.82, 2.24) is 9.55 Å². The van der Waals surface area contributed by atoms with Crippen LogP contribution in [0.3, 0.4) is 0 Å². The number of H-pyrrole nitrogens is 1. The van der Waals surface area contributed by atoms with Gasteiger partial charge in [0.05, 0.1) is 17.9 Å². The molecule has 96 valence electrons. The summed E-state index contributed by atoms with van der Waals surface area (Å²) in [5, 5.41) is 11.3. The number of aromatic amines is 1. The Bertz CT molecular complexity index is 589. The Morgan fingerprint density at radius 2 is 2.44 bits per heavy atom. The van der Waals surface area contributed by atoms with Crippen LogP contribution < -0.4 is 11.2 Å². The van der Waals surface area contributed by atoms with Gasteiger partial charge in [-0.3, -0.25) is 14.3 Å². The van der Waals surface area contributed by atoms with Crippen molar-refractivity contribution in [1.29, 1.82) is 0 Å². The van der Waals surface area contributed by atoms with Crippen molar-refractivity contribution in [3.05, 3.63) is 33.1 Å². The van der Waals surface area contributed by atoms with Crippen LogP contribution in [-0.2, 0) is 4.74 Å². The second-order valence-electron chi connectivity index (χ2n) is 3.87. The lowest BCUT2D eigenvalue weighted by Crippen LogP contribution is -2.34. The van der Waals surface area contributed by atoms with Crippen molar-refractivity contribution in [2.24, 2.45) is 4.99 Å². The normalized spacial score (nSPS) is 26.8.